The first-order valence-corrected chi connectivity index (χ1v) is 8.49. The van der Waals surface area contributed by atoms with Gasteiger partial charge >= 0.3 is 11.9 Å². The Morgan fingerprint density at radius 3 is 2.50 bits per heavy atom. The van der Waals surface area contributed by atoms with E-state index < -0.39 is 36.4 Å². The predicted molar refractivity (Wildman–Crippen MR) is 97.6 cm³/mol. The van der Waals surface area contributed by atoms with E-state index in [-0.39, 0.29) is 23.6 Å². The van der Waals surface area contributed by atoms with E-state index in [4.69, 9.17) is 13.9 Å². The van der Waals surface area contributed by atoms with Gasteiger partial charge in [-0.05, 0) is 38.1 Å². The van der Waals surface area contributed by atoms with Crippen molar-refractivity contribution in [1.29, 1.82) is 0 Å². The van der Waals surface area contributed by atoms with E-state index in [1.165, 1.54) is 37.5 Å². The first kappa shape index (κ1) is 20.7. The van der Waals surface area contributed by atoms with Crippen molar-refractivity contribution in [1.82, 2.24) is 5.32 Å². The Bertz CT molecular complexity index is 846. The third-order valence-electron chi connectivity index (χ3n) is 3.49. The zero-order chi connectivity index (χ0) is 20.5. The summed E-state index contributed by atoms with van der Waals surface area (Å²) in [6.45, 7) is 2.69. The van der Waals surface area contributed by atoms with Crippen LogP contribution in [-0.2, 0) is 19.1 Å². The second kappa shape index (κ2) is 9.91. The molecule has 28 heavy (non-hydrogen) atoms. The quantitative estimate of drug-likeness (QED) is 0.660. The van der Waals surface area contributed by atoms with Crippen molar-refractivity contribution in [2.45, 2.75) is 19.9 Å². The summed E-state index contributed by atoms with van der Waals surface area (Å²) >= 11 is 0. The fourth-order valence-electron chi connectivity index (χ4n) is 2.16. The van der Waals surface area contributed by atoms with Crippen LogP contribution >= 0.6 is 0 Å². The lowest BCUT2D eigenvalue weighted by molar-refractivity contribution is -0.148. The largest absolute Gasteiger partial charge is 0.462 e. The predicted octanol–water partition coefficient (Wildman–Crippen LogP) is 1.76. The van der Waals surface area contributed by atoms with E-state index in [0.717, 1.165) is 0 Å². The Hall–Kier alpha value is -3.62. The molecule has 0 spiro atoms. The van der Waals surface area contributed by atoms with Crippen LogP contribution in [-0.4, -0.2) is 43.0 Å². The minimum absolute atomic E-state index is 0.0490. The second-order valence-corrected chi connectivity index (χ2v) is 5.59. The lowest BCUT2D eigenvalue weighted by Gasteiger charge is -2.13. The first-order chi connectivity index (χ1) is 13.4. The van der Waals surface area contributed by atoms with Crippen LogP contribution in [0.25, 0.3) is 0 Å². The molecule has 1 atom stereocenters. The highest BCUT2D eigenvalue weighted by molar-refractivity contribution is 6.02. The smallest absolute Gasteiger partial charge is 0.340 e. The number of benzene rings is 1. The molecular formula is C19H20N2O7. The van der Waals surface area contributed by atoms with Crippen LogP contribution in [0.1, 0.15) is 34.8 Å². The van der Waals surface area contributed by atoms with Gasteiger partial charge in [0.15, 0.2) is 12.4 Å². The third-order valence-corrected chi connectivity index (χ3v) is 3.49. The van der Waals surface area contributed by atoms with E-state index in [9.17, 15) is 19.2 Å². The summed E-state index contributed by atoms with van der Waals surface area (Å²) in [6.07, 6.45) is 1.33. The van der Waals surface area contributed by atoms with Crippen molar-refractivity contribution < 1.29 is 33.1 Å². The molecule has 0 aliphatic heterocycles. The summed E-state index contributed by atoms with van der Waals surface area (Å²) < 4.78 is 14.7. The monoisotopic (exact) mass is 388 g/mol. The van der Waals surface area contributed by atoms with E-state index in [2.05, 4.69) is 10.6 Å². The van der Waals surface area contributed by atoms with Gasteiger partial charge in [0.2, 0.25) is 0 Å². The SMILES string of the molecule is CCOC(=O)c1ccccc1NC(=O)COC(=O)[C@@H](C)NC(=O)c1ccco1. The van der Waals surface area contributed by atoms with Crippen molar-refractivity contribution in [3.05, 3.63) is 54.0 Å². The number of furan rings is 1. The van der Waals surface area contributed by atoms with Crippen LogP contribution in [0.15, 0.2) is 47.1 Å². The standard InChI is InChI=1S/C19H20N2O7/c1-3-26-19(25)13-7-4-5-8-14(13)21-16(22)11-28-18(24)12(2)20-17(23)15-9-6-10-27-15/h4-10,12H,3,11H2,1-2H3,(H,20,23)(H,21,22)/t12-/m1/s1. The number of anilines is 1. The molecule has 2 aromatic rings. The third kappa shape index (κ3) is 5.70. The minimum Gasteiger partial charge on any atom is -0.462 e. The summed E-state index contributed by atoms with van der Waals surface area (Å²) in [6, 6.07) is 8.29. The minimum atomic E-state index is -0.989. The van der Waals surface area contributed by atoms with Gasteiger partial charge in [-0.25, -0.2) is 9.59 Å². The van der Waals surface area contributed by atoms with E-state index in [0.29, 0.717) is 0 Å². The highest BCUT2D eigenvalue weighted by Crippen LogP contribution is 2.16. The highest BCUT2D eigenvalue weighted by atomic mass is 16.5. The topological polar surface area (TPSA) is 124 Å². The Balaban J connectivity index is 1.86. The Labute approximate surface area is 161 Å². The van der Waals surface area contributed by atoms with Crippen molar-refractivity contribution in [3.8, 4) is 0 Å². The number of carbonyl (C=O) groups excluding carboxylic acids is 4. The molecule has 0 aliphatic rings. The molecule has 148 valence electrons. The molecule has 2 rings (SSSR count). The van der Waals surface area contributed by atoms with Gasteiger partial charge in [0.1, 0.15) is 6.04 Å². The van der Waals surface area contributed by atoms with E-state index in [1.54, 1.807) is 19.1 Å². The lowest BCUT2D eigenvalue weighted by Crippen LogP contribution is -2.40. The number of carbonyl (C=O) groups is 4. The zero-order valence-electron chi connectivity index (χ0n) is 15.4. The summed E-state index contributed by atoms with van der Waals surface area (Å²) in [4.78, 5) is 47.7. The maximum absolute atomic E-state index is 12.0. The van der Waals surface area contributed by atoms with Gasteiger partial charge in [0.25, 0.3) is 11.8 Å². The van der Waals surface area contributed by atoms with Gasteiger partial charge in [-0.1, -0.05) is 12.1 Å². The van der Waals surface area contributed by atoms with Crippen LogP contribution in [0.3, 0.4) is 0 Å². The summed E-state index contributed by atoms with van der Waals surface area (Å²) in [5.74, 6) is -2.55. The summed E-state index contributed by atoms with van der Waals surface area (Å²) in [5.41, 5.74) is 0.421. The molecule has 0 bridgehead atoms. The molecule has 1 aromatic heterocycles. The maximum atomic E-state index is 12.0. The molecule has 9 nitrogen and oxygen atoms in total. The molecule has 0 saturated heterocycles. The summed E-state index contributed by atoms with van der Waals surface area (Å²) in [7, 11) is 0. The first-order valence-electron chi connectivity index (χ1n) is 8.49. The van der Waals surface area contributed by atoms with Gasteiger partial charge in [-0.15, -0.1) is 0 Å². The van der Waals surface area contributed by atoms with Crippen molar-refractivity contribution in [2.24, 2.45) is 0 Å². The summed E-state index contributed by atoms with van der Waals surface area (Å²) in [5, 5.41) is 4.88. The number of para-hydroxylation sites is 1. The normalized spacial score (nSPS) is 11.2. The molecule has 0 unspecified atom stereocenters. The molecule has 1 heterocycles. The lowest BCUT2D eigenvalue weighted by atomic mass is 10.2. The number of ether oxygens (including phenoxy) is 2. The Kier molecular flexibility index (Phi) is 7.32. The van der Waals surface area contributed by atoms with Crippen LogP contribution < -0.4 is 10.6 Å². The fourth-order valence-corrected chi connectivity index (χ4v) is 2.16. The van der Waals surface area contributed by atoms with Crippen LogP contribution in [0.2, 0.25) is 0 Å². The maximum Gasteiger partial charge on any atom is 0.340 e. The Morgan fingerprint density at radius 1 is 1.07 bits per heavy atom. The number of esters is 2. The molecular weight excluding hydrogens is 368 g/mol. The van der Waals surface area contributed by atoms with E-state index >= 15 is 0 Å². The fraction of sp³-hybridized carbons (Fsp3) is 0.263. The zero-order valence-corrected chi connectivity index (χ0v) is 15.4. The molecule has 2 amide bonds. The van der Waals surface area contributed by atoms with Crippen LogP contribution in [0.4, 0.5) is 5.69 Å². The molecule has 0 radical (unpaired) electrons. The van der Waals surface area contributed by atoms with Crippen molar-refractivity contribution >= 4 is 29.4 Å². The number of hydrogen-bond donors (Lipinski definition) is 2. The van der Waals surface area contributed by atoms with Crippen LogP contribution in [0.5, 0.6) is 0 Å². The number of rotatable bonds is 8. The molecule has 0 saturated carbocycles. The molecule has 2 N–H and O–H groups in total. The van der Waals surface area contributed by atoms with Gasteiger partial charge in [0, 0.05) is 0 Å². The van der Waals surface area contributed by atoms with Crippen LogP contribution in [0, 0.1) is 0 Å². The van der Waals surface area contributed by atoms with E-state index in [1.807, 2.05) is 0 Å². The second-order valence-electron chi connectivity index (χ2n) is 5.59. The number of nitrogens with one attached hydrogen (secondary N) is 2. The van der Waals surface area contributed by atoms with Gasteiger partial charge in [0.05, 0.1) is 24.1 Å². The number of amides is 2. The van der Waals surface area contributed by atoms with Gasteiger partial charge in [-0.3, -0.25) is 9.59 Å². The molecule has 0 fully saturated rings. The van der Waals surface area contributed by atoms with Crippen molar-refractivity contribution in [3.63, 3.8) is 0 Å². The Morgan fingerprint density at radius 2 is 1.82 bits per heavy atom. The average Bonchev–Trinajstić information content (AvgIpc) is 3.21. The molecule has 1 aromatic carbocycles. The average molecular weight is 388 g/mol. The number of hydrogen-bond acceptors (Lipinski definition) is 7. The van der Waals surface area contributed by atoms with Gasteiger partial charge in [-0.2, -0.15) is 0 Å². The molecule has 0 aliphatic carbocycles. The molecule has 9 heteroatoms. The highest BCUT2D eigenvalue weighted by Gasteiger charge is 2.21. The van der Waals surface area contributed by atoms with Crippen molar-refractivity contribution in [2.75, 3.05) is 18.5 Å². The van der Waals surface area contributed by atoms with Gasteiger partial charge < -0.3 is 24.5 Å².